The molecule has 1 amide bonds. The van der Waals surface area contributed by atoms with Crippen LogP contribution in [0.15, 0.2) is 0 Å². The number of ether oxygens (including phenoxy) is 2. The number of Topliss-reactive ketones (excluding diaryl/α,β-unsaturated/α-hetero) is 1. The van der Waals surface area contributed by atoms with E-state index >= 15 is 0 Å². The van der Waals surface area contributed by atoms with Crippen molar-refractivity contribution in [3.8, 4) is 0 Å². The lowest BCUT2D eigenvalue weighted by Crippen LogP contribution is -2.48. The van der Waals surface area contributed by atoms with Crippen LogP contribution in [0.1, 0.15) is 41.0 Å². The third-order valence-corrected chi connectivity index (χ3v) is 2.18. The van der Waals surface area contributed by atoms with E-state index in [0.717, 1.165) is 7.11 Å². The molecule has 8 nitrogen and oxygen atoms in total. The molecule has 0 aromatic heterocycles. The van der Waals surface area contributed by atoms with Gasteiger partial charge in [0.05, 0.1) is 7.11 Å². The normalized spacial score (nSPS) is 11.1. The van der Waals surface area contributed by atoms with Gasteiger partial charge in [-0.3, -0.25) is 4.79 Å². The summed E-state index contributed by atoms with van der Waals surface area (Å²) in [4.78, 5) is 37.4. The minimum atomic E-state index is -1.05. The maximum Gasteiger partial charge on any atom is 0.441 e. The molecular formula is C13H21N3O5. The SMILES string of the molecule is COC(=O)C(=[N+]=[N-])C(=O)CC(C)(C)NC(=O)OC(C)(C)C. The van der Waals surface area contributed by atoms with Crippen molar-refractivity contribution >= 4 is 23.6 Å². The zero-order chi connectivity index (χ0) is 16.8. The Labute approximate surface area is 123 Å². The van der Waals surface area contributed by atoms with E-state index < -0.39 is 34.7 Å². The van der Waals surface area contributed by atoms with Gasteiger partial charge in [-0.15, -0.1) is 0 Å². The largest absolute Gasteiger partial charge is 0.460 e. The van der Waals surface area contributed by atoms with Crippen LogP contribution in [0.2, 0.25) is 0 Å². The van der Waals surface area contributed by atoms with E-state index in [1.54, 1.807) is 34.6 Å². The second kappa shape index (κ2) is 6.99. The van der Waals surface area contributed by atoms with E-state index in [2.05, 4.69) is 14.8 Å². The van der Waals surface area contributed by atoms with Gasteiger partial charge in [-0.25, -0.2) is 9.59 Å². The van der Waals surface area contributed by atoms with E-state index in [9.17, 15) is 14.4 Å². The summed E-state index contributed by atoms with van der Waals surface area (Å²) in [6, 6.07) is 0. The van der Waals surface area contributed by atoms with Gasteiger partial charge in [0.1, 0.15) is 5.60 Å². The number of carbonyl (C=O) groups is 3. The average molecular weight is 299 g/mol. The summed E-state index contributed by atoms with van der Waals surface area (Å²) in [5.41, 5.74) is 6.29. The zero-order valence-corrected chi connectivity index (χ0v) is 13.1. The molecule has 0 bridgehead atoms. The van der Waals surface area contributed by atoms with Gasteiger partial charge in [-0.2, -0.15) is 4.79 Å². The highest BCUT2D eigenvalue weighted by molar-refractivity contribution is 6.62. The molecule has 1 N–H and O–H groups in total. The molecule has 0 saturated heterocycles. The van der Waals surface area contributed by atoms with Gasteiger partial charge in [0.2, 0.25) is 0 Å². The number of alkyl carbamates (subject to hydrolysis) is 1. The van der Waals surface area contributed by atoms with Gasteiger partial charge in [0.25, 0.3) is 5.78 Å². The maximum atomic E-state index is 11.9. The van der Waals surface area contributed by atoms with Gasteiger partial charge in [0.15, 0.2) is 0 Å². The fourth-order valence-electron chi connectivity index (χ4n) is 1.42. The molecule has 0 atom stereocenters. The number of nitrogens with zero attached hydrogens (tertiary/aromatic N) is 2. The molecule has 8 heteroatoms. The summed E-state index contributed by atoms with van der Waals surface area (Å²) in [5.74, 6) is -1.80. The Morgan fingerprint density at radius 1 is 1.14 bits per heavy atom. The van der Waals surface area contributed by atoms with Crippen LogP contribution in [0, 0.1) is 0 Å². The van der Waals surface area contributed by atoms with E-state index in [-0.39, 0.29) is 6.42 Å². The van der Waals surface area contributed by atoms with Crippen LogP contribution in [-0.4, -0.2) is 46.6 Å². The van der Waals surface area contributed by atoms with Crippen LogP contribution < -0.4 is 5.32 Å². The Hall–Kier alpha value is -2.21. The number of ketones is 1. The fraction of sp³-hybridized carbons (Fsp3) is 0.692. The molecule has 0 unspecified atom stereocenters. The molecule has 0 aliphatic rings. The number of hydrogen-bond acceptors (Lipinski definition) is 5. The molecule has 0 rings (SSSR count). The van der Waals surface area contributed by atoms with Crippen molar-refractivity contribution in [2.45, 2.75) is 52.2 Å². The van der Waals surface area contributed by atoms with Crippen LogP contribution in [0.25, 0.3) is 5.53 Å². The number of hydrogen-bond donors (Lipinski definition) is 1. The Bertz CT molecular complexity index is 485. The highest BCUT2D eigenvalue weighted by Gasteiger charge is 2.36. The summed E-state index contributed by atoms with van der Waals surface area (Å²) < 4.78 is 9.40. The predicted molar refractivity (Wildman–Crippen MR) is 73.7 cm³/mol. The van der Waals surface area contributed by atoms with Gasteiger partial charge in [-0.1, -0.05) is 0 Å². The highest BCUT2D eigenvalue weighted by Crippen LogP contribution is 2.13. The lowest BCUT2D eigenvalue weighted by Gasteiger charge is -2.27. The molecule has 118 valence electrons. The van der Waals surface area contributed by atoms with Gasteiger partial charge < -0.3 is 20.3 Å². The highest BCUT2D eigenvalue weighted by atomic mass is 16.6. The standard InChI is InChI=1S/C13H21N3O5/c1-12(2,3)21-11(19)15-13(4,5)7-8(17)9(16-14)10(18)20-6/h7H2,1-6H3,(H,15,19). The van der Waals surface area contributed by atoms with Crippen LogP contribution >= 0.6 is 0 Å². The molecule has 21 heavy (non-hydrogen) atoms. The monoisotopic (exact) mass is 299 g/mol. The molecule has 0 radical (unpaired) electrons. The molecular weight excluding hydrogens is 278 g/mol. The lowest BCUT2D eigenvalue weighted by atomic mass is 9.96. The van der Waals surface area contributed by atoms with Crippen molar-refractivity contribution < 1.29 is 28.6 Å². The van der Waals surface area contributed by atoms with E-state index in [0.29, 0.717) is 0 Å². The second-order valence-electron chi connectivity index (χ2n) is 6.05. The topological polar surface area (TPSA) is 118 Å². The van der Waals surface area contributed by atoms with Crippen LogP contribution in [0.4, 0.5) is 4.79 Å². The number of methoxy groups -OCH3 is 1. The van der Waals surface area contributed by atoms with Crippen LogP contribution in [-0.2, 0) is 19.1 Å². The smallest absolute Gasteiger partial charge is 0.441 e. The Kier molecular flexibility index (Phi) is 6.25. The quantitative estimate of drug-likeness (QED) is 0.268. The third-order valence-electron chi connectivity index (χ3n) is 2.18. The van der Waals surface area contributed by atoms with Gasteiger partial charge >= 0.3 is 17.8 Å². The number of rotatable bonds is 5. The van der Waals surface area contributed by atoms with Crippen molar-refractivity contribution in [1.29, 1.82) is 0 Å². The number of amides is 1. The van der Waals surface area contributed by atoms with Crippen molar-refractivity contribution in [2.75, 3.05) is 7.11 Å². The third kappa shape index (κ3) is 7.22. The van der Waals surface area contributed by atoms with Crippen molar-refractivity contribution in [2.24, 2.45) is 0 Å². The van der Waals surface area contributed by atoms with Crippen LogP contribution in [0.3, 0.4) is 0 Å². The number of carbonyl (C=O) groups excluding carboxylic acids is 3. The lowest BCUT2D eigenvalue weighted by molar-refractivity contribution is -0.139. The fourth-order valence-corrected chi connectivity index (χ4v) is 1.42. The van der Waals surface area contributed by atoms with Crippen molar-refractivity contribution in [3.63, 3.8) is 0 Å². The summed E-state index contributed by atoms with van der Waals surface area (Å²) in [5, 5.41) is 2.51. The first-order valence-corrected chi connectivity index (χ1v) is 6.26. The molecule has 0 fully saturated rings. The Balaban J connectivity index is 4.82. The molecule has 0 heterocycles. The van der Waals surface area contributed by atoms with Crippen molar-refractivity contribution in [3.05, 3.63) is 5.53 Å². The Morgan fingerprint density at radius 2 is 1.67 bits per heavy atom. The predicted octanol–water partition coefficient (Wildman–Crippen LogP) is 1.09. The minimum Gasteiger partial charge on any atom is -0.460 e. The zero-order valence-electron chi connectivity index (χ0n) is 13.1. The molecule has 0 aromatic carbocycles. The number of esters is 1. The first kappa shape index (κ1) is 18.8. The summed E-state index contributed by atoms with van der Waals surface area (Å²) in [7, 11) is 1.06. The summed E-state index contributed by atoms with van der Waals surface area (Å²) in [6.45, 7) is 8.26. The van der Waals surface area contributed by atoms with E-state index in [1.807, 2.05) is 0 Å². The second-order valence-corrected chi connectivity index (χ2v) is 6.05. The molecule has 0 aromatic rings. The first-order chi connectivity index (χ1) is 9.41. The van der Waals surface area contributed by atoms with Gasteiger partial charge in [0, 0.05) is 12.0 Å². The molecule has 0 saturated carbocycles. The van der Waals surface area contributed by atoms with Crippen molar-refractivity contribution in [1.82, 2.24) is 5.32 Å². The summed E-state index contributed by atoms with van der Waals surface area (Å²) in [6.07, 6.45) is -0.957. The van der Waals surface area contributed by atoms with Gasteiger partial charge in [-0.05, 0) is 34.6 Å². The minimum absolute atomic E-state index is 0.263. The molecule has 0 aliphatic carbocycles. The maximum absolute atomic E-state index is 11.9. The molecule has 0 aliphatic heterocycles. The number of nitrogens with one attached hydrogen (secondary N) is 1. The van der Waals surface area contributed by atoms with E-state index in [4.69, 9.17) is 10.3 Å². The average Bonchev–Trinajstić information content (AvgIpc) is 2.24. The first-order valence-electron chi connectivity index (χ1n) is 6.26. The van der Waals surface area contributed by atoms with Crippen LogP contribution in [0.5, 0.6) is 0 Å². The Morgan fingerprint density at radius 3 is 2.05 bits per heavy atom. The van der Waals surface area contributed by atoms with E-state index in [1.165, 1.54) is 0 Å². The summed E-state index contributed by atoms with van der Waals surface area (Å²) >= 11 is 0. The molecule has 0 spiro atoms.